The molecule has 3 rings (SSSR count). The van der Waals surface area contributed by atoms with Crippen LogP contribution in [0.1, 0.15) is 15.9 Å². The maximum Gasteiger partial charge on any atom is 0.339 e. The summed E-state index contributed by atoms with van der Waals surface area (Å²) in [7, 11) is 0. The van der Waals surface area contributed by atoms with Crippen molar-refractivity contribution >= 4 is 22.6 Å². The van der Waals surface area contributed by atoms with E-state index < -0.39 is 5.97 Å². The van der Waals surface area contributed by atoms with E-state index in [1.807, 2.05) is 0 Å². The second-order valence-corrected chi connectivity index (χ2v) is 4.80. The summed E-state index contributed by atoms with van der Waals surface area (Å²) in [5.41, 5.74) is 8.14. The monoisotopic (exact) mass is 293 g/mol. The van der Waals surface area contributed by atoms with Gasteiger partial charge in [-0.1, -0.05) is 0 Å². The van der Waals surface area contributed by atoms with Crippen LogP contribution >= 0.6 is 0 Å². The maximum absolute atomic E-state index is 10.9. The Hall–Kier alpha value is -3.46. The molecular weight excluding hydrogens is 282 g/mol. The van der Waals surface area contributed by atoms with E-state index in [1.165, 1.54) is 12.1 Å². The highest BCUT2D eigenvalue weighted by atomic mass is 16.4. The Kier molecular flexibility index (Phi) is 2.96. The van der Waals surface area contributed by atoms with Gasteiger partial charge in [0.2, 0.25) is 0 Å². The number of nitrogens with two attached hydrogens (primary N) is 1. The molecule has 1 heterocycles. The second kappa shape index (κ2) is 4.82. The van der Waals surface area contributed by atoms with Crippen LogP contribution in [-0.4, -0.2) is 20.7 Å². The third kappa shape index (κ3) is 2.01. The lowest BCUT2D eigenvalue weighted by Gasteiger charge is -2.07. The van der Waals surface area contributed by atoms with Crippen molar-refractivity contribution in [2.24, 2.45) is 0 Å². The standard InChI is InChI=1S/C16H11N3O3/c17-7-9-1-4-14-12(5-9)13(18)8-19(14)10-2-3-11(16(21)22)15(20)6-10/h1-6,8,20H,18H2,(H,21,22). The molecule has 4 N–H and O–H groups in total. The van der Waals surface area contributed by atoms with Gasteiger partial charge < -0.3 is 20.5 Å². The molecule has 108 valence electrons. The normalized spacial score (nSPS) is 10.5. The molecule has 2 aromatic carbocycles. The van der Waals surface area contributed by atoms with Gasteiger partial charge in [0, 0.05) is 23.3 Å². The Morgan fingerprint density at radius 3 is 2.64 bits per heavy atom. The van der Waals surface area contributed by atoms with Crippen LogP contribution in [0.5, 0.6) is 5.75 Å². The van der Waals surface area contributed by atoms with Crippen LogP contribution < -0.4 is 5.73 Å². The zero-order chi connectivity index (χ0) is 15.9. The fourth-order valence-corrected chi connectivity index (χ4v) is 2.39. The van der Waals surface area contributed by atoms with Gasteiger partial charge in [0.25, 0.3) is 0 Å². The van der Waals surface area contributed by atoms with Crippen molar-refractivity contribution in [2.45, 2.75) is 0 Å². The Morgan fingerprint density at radius 1 is 1.23 bits per heavy atom. The summed E-state index contributed by atoms with van der Waals surface area (Å²) < 4.78 is 1.73. The predicted molar refractivity (Wildman–Crippen MR) is 81.0 cm³/mol. The van der Waals surface area contributed by atoms with Crippen molar-refractivity contribution < 1.29 is 15.0 Å². The van der Waals surface area contributed by atoms with E-state index in [2.05, 4.69) is 6.07 Å². The molecule has 0 saturated carbocycles. The number of carbonyl (C=O) groups is 1. The number of hydrogen-bond acceptors (Lipinski definition) is 4. The molecule has 0 aliphatic carbocycles. The first-order chi connectivity index (χ1) is 10.5. The second-order valence-electron chi connectivity index (χ2n) is 4.80. The van der Waals surface area contributed by atoms with E-state index in [0.29, 0.717) is 16.9 Å². The summed E-state index contributed by atoms with van der Waals surface area (Å²) in [6, 6.07) is 11.4. The number of aromatic hydroxyl groups is 1. The molecule has 0 fully saturated rings. The minimum absolute atomic E-state index is 0.167. The first-order valence-corrected chi connectivity index (χ1v) is 6.38. The van der Waals surface area contributed by atoms with Crippen LogP contribution in [0.4, 0.5) is 5.69 Å². The number of nitrogen functional groups attached to an aromatic ring is 1. The molecule has 0 aliphatic heterocycles. The molecule has 6 nitrogen and oxygen atoms in total. The van der Waals surface area contributed by atoms with Crippen LogP contribution in [-0.2, 0) is 0 Å². The molecule has 0 bridgehead atoms. The number of nitrogens with zero attached hydrogens (tertiary/aromatic N) is 2. The zero-order valence-corrected chi connectivity index (χ0v) is 11.3. The number of aromatic carboxylic acids is 1. The summed E-state index contributed by atoms with van der Waals surface area (Å²) in [6.45, 7) is 0. The van der Waals surface area contributed by atoms with E-state index in [1.54, 1.807) is 35.0 Å². The van der Waals surface area contributed by atoms with Crippen LogP contribution in [0, 0.1) is 11.3 Å². The highest BCUT2D eigenvalue weighted by Gasteiger charge is 2.13. The SMILES string of the molecule is N#Cc1ccc2c(c1)c(N)cn2-c1ccc(C(=O)O)c(O)c1. The summed E-state index contributed by atoms with van der Waals surface area (Å²) in [4.78, 5) is 10.9. The molecular formula is C16H11N3O3. The van der Waals surface area contributed by atoms with Gasteiger partial charge in [-0.15, -0.1) is 0 Å². The van der Waals surface area contributed by atoms with E-state index in [9.17, 15) is 9.90 Å². The van der Waals surface area contributed by atoms with Crippen LogP contribution in [0.15, 0.2) is 42.6 Å². The van der Waals surface area contributed by atoms with E-state index in [0.717, 1.165) is 10.9 Å². The van der Waals surface area contributed by atoms with Gasteiger partial charge >= 0.3 is 5.97 Å². The summed E-state index contributed by atoms with van der Waals surface area (Å²) in [5, 5.41) is 28.4. The Labute approximate surface area is 125 Å². The third-order valence-electron chi connectivity index (χ3n) is 3.45. The molecule has 1 aromatic heterocycles. The highest BCUT2D eigenvalue weighted by molar-refractivity contribution is 5.95. The summed E-state index contributed by atoms with van der Waals surface area (Å²) >= 11 is 0. The van der Waals surface area contributed by atoms with Crippen LogP contribution in [0.2, 0.25) is 0 Å². The molecule has 0 spiro atoms. The van der Waals surface area contributed by atoms with Crippen LogP contribution in [0.25, 0.3) is 16.6 Å². The number of anilines is 1. The van der Waals surface area contributed by atoms with Gasteiger partial charge in [-0.05, 0) is 30.3 Å². The van der Waals surface area contributed by atoms with Gasteiger partial charge in [0.1, 0.15) is 11.3 Å². The smallest absolute Gasteiger partial charge is 0.339 e. The van der Waals surface area contributed by atoms with Gasteiger partial charge in [0.15, 0.2) is 0 Å². The molecule has 0 atom stereocenters. The van der Waals surface area contributed by atoms with Crippen LogP contribution in [0.3, 0.4) is 0 Å². The Morgan fingerprint density at radius 2 is 2.00 bits per heavy atom. The van der Waals surface area contributed by atoms with Gasteiger partial charge in [0.05, 0.1) is 22.8 Å². The molecule has 0 saturated heterocycles. The van der Waals surface area contributed by atoms with E-state index >= 15 is 0 Å². The lowest BCUT2D eigenvalue weighted by molar-refractivity contribution is 0.0694. The molecule has 3 aromatic rings. The summed E-state index contributed by atoms with van der Waals surface area (Å²) in [5.74, 6) is -1.52. The van der Waals surface area contributed by atoms with Gasteiger partial charge in [-0.25, -0.2) is 4.79 Å². The van der Waals surface area contributed by atoms with Crippen molar-refractivity contribution in [3.8, 4) is 17.5 Å². The number of benzene rings is 2. The predicted octanol–water partition coefficient (Wildman–Crippen LogP) is 2.49. The first kappa shape index (κ1) is 13.5. The Bertz CT molecular complexity index is 951. The number of aromatic nitrogens is 1. The molecule has 22 heavy (non-hydrogen) atoms. The number of hydrogen-bond donors (Lipinski definition) is 3. The minimum Gasteiger partial charge on any atom is -0.507 e. The topological polar surface area (TPSA) is 112 Å². The van der Waals surface area contributed by atoms with Crippen molar-refractivity contribution in [3.63, 3.8) is 0 Å². The average Bonchev–Trinajstić information content (AvgIpc) is 2.83. The number of carboxylic acids is 1. The fourth-order valence-electron chi connectivity index (χ4n) is 2.39. The van der Waals surface area contributed by atoms with Crippen molar-refractivity contribution in [3.05, 3.63) is 53.7 Å². The minimum atomic E-state index is -1.19. The third-order valence-corrected chi connectivity index (χ3v) is 3.45. The molecule has 0 radical (unpaired) electrons. The number of phenols is 1. The highest BCUT2D eigenvalue weighted by Crippen LogP contribution is 2.29. The van der Waals surface area contributed by atoms with Crippen molar-refractivity contribution in [1.29, 1.82) is 5.26 Å². The first-order valence-electron chi connectivity index (χ1n) is 6.38. The van der Waals surface area contributed by atoms with Gasteiger partial charge in [-0.2, -0.15) is 5.26 Å². The summed E-state index contributed by atoms with van der Waals surface area (Å²) in [6.07, 6.45) is 1.67. The maximum atomic E-state index is 10.9. The lowest BCUT2D eigenvalue weighted by Crippen LogP contribution is -1.99. The average molecular weight is 293 g/mol. The molecule has 6 heteroatoms. The fraction of sp³-hybridized carbons (Fsp3) is 0. The van der Waals surface area contributed by atoms with Gasteiger partial charge in [-0.3, -0.25) is 0 Å². The zero-order valence-electron chi connectivity index (χ0n) is 11.3. The number of fused-ring (bicyclic) bond motifs is 1. The Balaban J connectivity index is 2.21. The lowest BCUT2D eigenvalue weighted by atomic mass is 10.1. The number of rotatable bonds is 2. The molecule has 0 unspecified atom stereocenters. The number of nitriles is 1. The van der Waals surface area contributed by atoms with E-state index in [-0.39, 0.29) is 11.3 Å². The van der Waals surface area contributed by atoms with Crippen molar-refractivity contribution in [2.75, 3.05) is 5.73 Å². The number of carboxylic acid groups (broad SMARTS) is 1. The van der Waals surface area contributed by atoms with Crippen molar-refractivity contribution in [1.82, 2.24) is 4.57 Å². The molecule has 0 amide bonds. The largest absolute Gasteiger partial charge is 0.507 e. The quantitative estimate of drug-likeness (QED) is 0.672. The molecule has 0 aliphatic rings. The van der Waals surface area contributed by atoms with E-state index in [4.69, 9.17) is 16.1 Å².